The van der Waals surface area contributed by atoms with Gasteiger partial charge in [-0.15, -0.1) is 0 Å². The first kappa shape index (κ1) is 19.9. The molecule has 0 atom stereocenters. The summed E-state index contributed by atoms with van der Waals surface area (Å²) in [5.41, 5.74) is 5.12. The summed E-state index contributed by atoms with van der Waals surface area (Å²) in [5, 5.41) is 10.9. The van der Waals surface area contributed by atoms with Crippen LogP contribution in [-0.4, -0.2) is 36.0 Å². The van der Waals surface area contributed by atoms with Crippen LogP contribution >= 0.6 is 0 Å². The van der Waals surface area contributed by atoms with Gasteiger partial charge in [-0.3, -0.25) is 9.89 Å². The highest BCUT2D eigenvalue weighted by molar-refractivity contribution is 5.94. The van der Waals surface area contributed by atoms with Crippen molar-refractivity contribution in [3.8, 4) is 22.8 Å². The number of amides is 1. The van der Waals surface area contributed by atoms with Crippen molar-refractivity contribution in [2.45, 2.75) is 6.92 Å². The summed E-state index contributed by atoms with van der Waals surface area (Å²) in [4.78, 5) is 12.3. The van der Waals surface area contributed by atoms with Gasteiger partial charge in [0.25, 0.3) is 5.91 Å². The topological polar surface area (TPSA) is 88.6 Å². The molecule has 0 fully saturated rings. The van der Waals surface area contributed by atoms with Gasteiger partial charge in [0.2, 0.25) is 0 Å². The second-order valence-electron chi connectivity index (χ2n) is 5.92. The fourth-order valence-electron chi connectivity index (χ4n) is 2.69. The smallest absolute Gasteiger partial charge is 0.289 e. The van der Waals surface area contributed by atoms with Crippen molar-refractivity contribution >= 4 is 18.2 Å². The number of carbonyl (C=O) groups excluding carboxylic acids is 1. The number of aromatic nitrogens is 2. The second-order valence-corrected chi connectivity index (χ2v) is 5.92. The van der Waals surface area contributed by atoms with Gasteiger partial charge in [-0.1, -0.05) is 30.3 Å². The van der Waals surface area contributed by atoms with Crippen molar-refractivity contribution in [2.75, 3.05) is 13.7 Å². The number of aromatic amines is 1. The van der Waals surface area contributed by atoms with E-state index < -0.39 is 0 Å². The molecule has 1 aromatic heterocycles. The Morgan fingerprint density at radius 1 is 1.17 bits per heavy atom. The largest absolute Gasteiger partial charge is 0.496 e. The monoisotopic (exact) mass is 390 g/mol. The SMILES string of the molecule is CCOc1ccccc1-c1cc(C(=O)N/N=C\C=C\c2ccccc2OC)[nH]n1. The van der Waals surface area contributed by atoms with E-state index in [1.165, 1.54) is 6.21 Å². The molecule has 0 saturated carbocycles. The van der Waals surface area contributed by atoms with E-state index in [1.54, 1.807) is 19.3 Å². The Kier molecular flexibility index (Phi) is 6.78. The average molecular weight is 390 g/mol. The van der Waals surface area contributed by atoms with Crippen LogP contribution < -0.4 is 14.9 Å². The zero-order valence-electron chi connectivity index (χ0n) is 16.3. The molecule has 3 aromatic rings. The molecular formula is C22H22N4O3. The van der Waals surface area contributed by atoms with E-state index in [4.69, 9.17) is 9.47 Å². The molecule has 29 heavy (non-hydrogen) atoms. The summed E-state index contributed by atoms with van der Waals surface area (Å²) < 4.78 is 10.9. The number of nitrogens with zero attached hydrogens (tertiary/aromatic N) is 2. The molecule has 0 unspecified atom stereocenters. The van der Waals surface area contributed by atoms with E-state index in [2.05, 4.69) is 20.7 Å². The van der Waals surface area contributed by atoms with Crippen LogP contribution in [0.25, 0.3) is 17.3 Å². The molecule has 2 N–H and O–H groups in total. The predicted octanol–water partition coefficient (Wildman–Crippen LogP) is 3.91. The Hall–Kier alpha value is -3.87. The lowest BCUT2D eigenvalue weighted by molar-refractivity contribution is 0.0950. The van der Waals surface area contributed by atoms with Gasteiger partial charge in [-0.2, -0.15) is 10.2 Å². The Morgan fingerprint density at radius 2 is 1.93 bits per heavy atom. The molecule has 0 spiro atoms. The Labute approximate surface area is 169 Å². The maximum atomic E-state index is 12.3. The fourth-order valence-corrected chi connectivity index (χ4v) is 2.69. The molecule has 7 nitrogen and oxygen atoms in total. The third-order valence-electron chi connectivity index (χ3n) is 4.03. The fraction of sp³-hybridized carbons (Fsp3) is 0.136. The van der Waals surface area contributed by atoms with Crippen LogP contribution in [0.2, 0.25) is 0 Å². The Bertz CT molecular complexity index is 1020. The molecule has 1 amide bonds. The number of H-pyrrole nitrogens is 1. The summed E-state index contributed by atoms with van der Waals surface area (Å²) in [7, 11) is 1.62. The highest BCUT2D eigenvalue weighted by Crippen LogP contribution is 2.28. The molecule has 0 bridgehead atoms. The van der Waals surface area contributed by atoms with Gasteiger partial charge in [0.05, 0.1) is 19.4 Å². The zero-order valence-corrected chi connectivity index (χ0v) is 16.3. The van der Waals surface area contributed by atoms with E-state index in [1.807, 2.05) is 61.5 Å². The lowest BCUT2D eigenvalue weighted by atomic mass is 10.1. The van der Waals surface area contributed by atoms with Gasteiger partial charge in [-0.05, 0) is 43.3 Å². The van der Waals surface area contributed by atoms with E-state index in [0.29, 0.717) is 23.7 Å². The number of benzene rings is 2. The summed E-state index contributed by atoms with van der Waals surface area (Å²) >= 11 is 0. The van der Waals surface area contributed by atoms with Gasteiger partial charge in [0, 0.05) is 17.3 Å². The number of hydrogen-bond donors (Lipinski definition) is 2. The molecule has 1 heterocycles. The van der Waals surface area contributed by atoms with Crippen molar-refractivity contribution in [3.63, 3.8) is 0 Å². The molecule has 7 heteroatoms. The van der Waals surface area contributed by atoms with Crippen LogP contribution in [-0.2, 0) is 0 Å². The number of hydrazone groups is 1. The summed E-state index contributed by atoms with van der Waals surface area (Å²) in [6.45, 7) is 2.46. The minimum Gasteiger partial charge on any atom is -0.496 e. The van der Waals surface area contributed by atoms with Gasteiger partial charge >= 0.3 is 0 Å². The summed E-state index contributed by atoms with van der Waals surface area (Å²) in [5.74, 6) is 1.09. The van der Waals surface area contributed by atoms with Gasteiger partial charge < -0.3 is 9.47 Å². The van der Waals surface area contributed by atoms with Crippen molar-refractivity contribution in [2.24, 2.45) is 5.10 Å². The molecule has 2 aromatic carbocycles. The molecule has 3 rings (SSSR count). The van der Waals surface area contributed by atoms with E-state index in [0.717, 1.165) is 16.9 Å². The average Bonchev–Trinajstić information content (AvgIpc) is 3.24. The minimum absolute atomic E-state index is 0.303. The maximum Gasteiger partial charge on any atom is 0.289 e. The number of allylic oxidation sites excluding steroid dienone is 1. The van der Waals surface area contributed by atoms with Crippen LogP contribution in [0, 0.1) is 0 Å². The van der Waals surface area contributed by atoms with Crippen molar-refractivity contribution in [1.82, 2.24) is 15.6 Å². The first-order valence-electron chi connectivity index (χ1n) is 9.13. The van der Waals surface area contributed by atoms with Crippen LogP contribution in [0.5, 0.6) is 11.5 Å². The van der Waals surface area contributed by atoms with Gasteiger partial charge in [-0.25, -0.2) is 5.43 Å². The molecule has 0 aliphatic rings. The number of methoxy groups -OCH3 is 1. The lowest BCUT2D eigenvalue weighted by Gasteiger charge is -2.07. The standard InChI is InChI=1S/C22H22N4O3/c1-3-29-21-13-7-5-11-17(21)18-15-19(25-24-18)22(27)26-23-14-8-10-16-9-4-6-12-20(16)28-2/h4-15H,3H2,1-2H3,(H,24,25)(H,26,27)/b10-8+,23-14-. The van der Waals surface area contributed by atoms with Crippen LogP contribution in [0.1, 0.15) is 23.0 Å². The quantitative estimate of drug-likeness (QED) is 0.451. The van der Waals surface area contributed by atoms with Crippen LogP contribution in [0.4, 0.5) is 0 Å². The molecule has 0 aliphatic carbocycles. The first-order chi connectivity index (χ1) is 14.2. The van der Waals surface area contributed by atoms with Gasteiger partial charge in [0.1, 0.15) is 17.2 Å². The summed E-state index contributed by atoms with van der Waals surface area (Å²) in [6.07, 6.45) is 5.05. The zero-order chi connectivity index (χ0) is 20.5. The lowest BCUT2D eigenvalue weighted by Crippen LogP contribution is -2.17. The highest BCUT2D eigenvalue weighted by atomic mass is 16.5. The van der Waals surface area contributed by atoms with Crippen LogP contribution in [0.15, 0.2) is 65.8 Å². The van der Waals surface area contributed by atoms with Gasteiger partial charge in [0.15, 0.2) is 0 Å². The van der Waals surface area contributed by atoms with E-state index in [9.17, 15) is 4.79 Å². The number of hydrogen-bond acceptors (Lipinski definition) is 5. The number of nitrogens with one attached hydrogen (secondary N) is 2. The Balaban J connectivity index is 1.62. The van der Waals surface area contributed by atoms with Crippen molar-refractivity contribution in [3.05, 3.63) is 71.9 Å². The minimum atomic E-state index is -0.389. The highest BCUT2D eigenvalue weighted by Gasteiger charge is 2.13. The third-order valence-corrected chi connectivity index (χ3v) is 4.03. The molecule has 0 radical (unpaired) electrons. The first-order valence-corrected chi connectivity index (χ1v) is 9.13. The number of ether oxygens (including phenoxy) is 2. The maximum absolute atomic E-state index is 12.3. The Morgan fingerprint density at radius 3 is 2.72 bits per heavy atom. The molecule has 0 saturated heterocycles. The number of carbonyl (C=O) groups is 1. The molecular weight excluding hydrogens is 368 g/mol. The van der Waals surface area contributed by atoms with E-state index >= 15 is 0 Å². The number of para-hydroxylation sites is 2. The summed E-state index contributed by atoms with van der Waals surface area (Å²) in [6, 6.07) is 16.8. The molecule has 0 aliphatic heterocycles. The third kappa shape index (κ3) is 5.10. The number of rotatable bonds is 8. The second kappa shape index (κ2) is 9.89. The predicted molar refractivity (Wildman–Crippen MR) is 113 cm³/mol. The molecule has 148 valence electrons. The van der Waals surface area contributed by atoms with Crippen molar-refractivity contribution < 1.29 is 14.3 Å². The van der Waals surface area contributed by atoms with Crippen molar-refractivity contribution in [1.29, 1.82) is 0 Å². The normalized spacial score (nSPS) is 11.1. The van der Waals surface area contributed by atoms with Crippen LogP contribution in [0.3, 0.4) is 0 Å². The van der Waals surface area contributed by atoms with E-state index in [-0.39, 0.29) is 5.91 Å².